The molecule has 0 radical (unpaired) electrons. The Kier molecular flexibility index (Phi) is 5.01. The molecule has 2 aliphatic rings. The zero-order valence-electron chi connectivity index (χ0n) is 10.8. The first-order valence-electron chi connectivity index (χ1n) is 6.89. The van der Waals surface area contributed by atoms with E-state index in [1.54, 1.807) is 0 Å². The molecule has 17 heavy (non-hydrogen) atoms. The van der Waals surface area contributed by atoms with Crippen LogP contribution < -0.4 is 5.32 Å². The lowest BCUT2D eigenvalue weighted by molar-refractivity contribution is 0.196. The molecule has 2 amide bonds. The maximum Gasteiger partial charge on any atom is 0.317 e. The lowest BCUT2D eigenvalue weighted by atomic mass is 10.2. The van der Waals surface area contributed by atoms with E-state index >= 15 is 0 Å². The Labute approximate surface area is 109 Å². The second-order valence-corrected chi connectivity index (χ2v) is 6.24. The predicted molar refractivity (Wildman–Crippen MR) is 73.5 cm³/mol. The van der Waals surface area contributed by atoms with Crippen LogP contribution in [0.1, 0.15) is 44.9 Å². The van der Waals surface area contributed by atoms with Gasteiger partial charge in [0, 0.05) is 24.4 Å². The summed E-state index contributed by atoms with van der Waals surface area (Å²) in [5, 5.41) is 3.87. The van der Waals surface area contributed by atoms with E-state index in [-0.39, 0.29) is 6.03 Å². The number of carbonyl (C=O) groups is 1. The van der Waals surface area contributed by atoms with Gasteiger partial charge in [0.15, 0.2) is 0 Å². The molecule has 1 heterocycles. The number of hydrogen-bond acceptors (Lipinski definition) is 2. The number of amides is 2. The van der Waals surface area contributed by atoms with Crippen LogP contribution in [0.25, 0.3) is 0 Å². The second-order valence-electron chi connectivity index (χ2n) is 5.16. The Hall–Kier alpha value is -0.380. The van der Waals surface area contributed by atoms with Gasteiger partial charge in [-0.15, -0.1) is 0 Å². The number of nitrogens with one attached hydrogen (secondary N) is 1. The minimum absolute atomic E-state index is 0.179. The number of likely N-dealkylation sites (tertiary alicyclic amines) is 1. The SMILES string of the molecule is CSC1CCCC1NC(=O)N1CCCCCC1. The molecular weight excluding hydrogens is 232 g/mol. The van der Waals surface area contributed by atoms with Crippen molar-refractivity contribution in [3.05, 3.63) is 0 Å². The molecular formula is C13H24N2OS. The maximum atomic E-state index is 12.2. The number of thioether (sulfide) groups is 1. The molecule has 4 heteroatoms. The summed E-state index contributed by atoms with van der Waals surface area (Å²) in [7, 11) is 0. The molecule has 2 rings (SSSR count). The van der Waals surface area contributed by atoms with Crippen LogP contribution >= 0.6 is 11.8 Å². The van der Waals surface area contributed by atoms with Gasteiger partial charge in [0.05, 0.1) is 0 Å². The normalized spacial score (nSPS) is 30.1. The van der Waals surface area contributed by atoms with Gasteiger partial charge >= 0.3 is 6.03 Å². The van der Waals surface area contributed by atoms with Gasteiger partial charge < -0.3 is 10.2 Å². The first-order chi connectivity index (χ1) is 8.31. The molecule has 3 nitrogen and oxygen atoms in total. The van der Waals surface area contributed by atoms with Crippen molar-refractivity contribution in [2.75, 3.05) is 19.3 Å². The Balaban J connectivity index is 1.82. The zero-order chi connectivity index (χ0) is 12.1. The van der Waals surface area contributed by atoms with Gasteiger partial charge in [0.25, 0.3) is 0 Å². The molecule has 1 saturated heterocycles. The first-order valence-corrected chi connectivity index (χ1v) is 8.18. The Morgan fingerprint density at radius 2 is 1.82 bits per heavy atom. The number of urea groups is 1. The van der Waals surface area contributed by atoms with Crippen LogP contribution in [-0.4, -0.2) is 41.6 Å². The van der Waals surface area contributed by atoms with Crippen molar-refractivity contribution in [3.63, 3.8) is 0 Å². The quantitative estimate of drug-likeness (QED) is 0.824. The first kappa shape index (κ1) is 13.1. The van der Waals surface area contributed by atoms with Crippen LogP contribution in [0.5, 0.6) is 0 Å². The largest absolute Gasteiger partial charge is 0.334 e. The third-order valence-corrected chi connectivity index (χ3v) is 5.13. The minimum Gasteiger partial charge on any atom is -0.334 e. The van der Waals surface area contributed by atoms with Gasteiger partial charge in [-0.2, -0.15) is 11.8 Å². The third kappa shape index (κ3) is 3.54. The Morgan fingerprint density at radius 1 is 1.12 bits per heavy atom. The average Bonchev–Trinajstić information content (AvgIpc) is 2.62. The van der Waals surface area contributed by atoms with Gasteiger partial charge in [-0.05, 0) is 31.9 Å². The summed E-state index contributed by atoms with van der Waals surface area (Å²) < 4.78 is 0. The van der Waals surface area contributed by atoms with E-state index < -0.39 is 0 Å². The summed E-state index contributed by atoms with van der Waals surface area (Å²) in [5.41, 5.74) is 0. The molecule has 0 aromatic carbocycles. The fourth-order valence-electron chi connectivity index (χ4n) is 2.90. The molecule has 1 aliphatic heterocycles. The Bertz CT molecular complexity index is 252. The molecule has 0 aromatic rings. The van der Waals surface area contributed by atoms with Crippen molar-refractivity contribution in [1.29, 1.82) is 0 Å². The fraction of sp³-hybridized carbons (Fsp3) is 0.923. The van der Waals surface area contributed by atoms with Crippen LogP contribution in [0.4, 0.5) is 4.79 Å². The van der Waals surface area contributed by atoms with Crippen LogP contribution in [0, 0.1) is 0 Å². The van der Waals surface area contributed by atoms with E-state index in [1.807, 2.05) is 16.7 Å². The third-order valence-electron chi connectivity index (χ3n) is 3.96. The van der Waals surface area contributed by atoms with Gasteiger partial charge in [-0.25, -0.2) is 4.79 Å². The highest BCUT2D eigenvalue weighted by Crippen LogP contribution is 2.28. The van der Waals surface area contributed by atoms with Crippen molar-refractivity contribution in [3.8, 4) is 0 Å². The topological polar surface area (TPSA) is 32.3 Å². The summed E-state index contributed by atoms with van der Waals surface area (Å²) in [4.78, 5) is 14.2. The van der Waals surface area contributed by atoms with E-state index in [9.17, 15) is 4.79 Å². The lowest BCUT2D eigenvalue weighted by Gasteiger charge is -2.25. The zero-order valence-corrected chi connectivity index (χ0v) is 11.6. The standard InChI is InChI=1S/C13H24N2OS/c1-17-12-8-6-7-11(12)14-13(16)15-9-4-2-3-5-10-15/h11-12H,2-10H2,1H3,(H,14,16). The van der Waals surface area contributed by atoms with Crippen molar-refractivity contribution < 1.29 is 4.79 Å². The van der Waals surface area contributed by atoms with Gasteiger partial charge in [0.1, 0.15) is 0 Å². The van der Waals surface area contributed by atoms with Crippen LogP contribution in [0.3, 0.4) is 0 Å². The number of nitrogens with zero attached hydrogens (tertiary/aromatic N) is 1. The summed E-state index contributed by atoms with van der Waals surface area (Å²) in [6.07, 6.45) is 10.7. The molecule has 0 spiro atoms. The molecule has 0 bridgehead atoms. The summed E-state index contributed by atoms with van der Waals surface area (Å²) in [6, 6.07) is 0.582. The van der Waals surface area contributed by atoms with E-state index in [2.05, 4.69) is 11.6 Å². The second kappa shape index (κ2) is 6.53. The van der Waals surface area contributed by atoms with Crippen LogP contribution in [0.2, 0.25) is 0 Å². The highest BCUT2D eigenvalue weighted by atomic mass is 32.2. The monoisotopic (exact) mass is 256 g/mol. The molecule has 2 atom stereocenters. The highest BCUT2D eigenvalue weighted by molar-refractivity contribution is 7.99. The molecule has 98 valence electrons. The van der Waals surface area contributed by atoms with Crippen molar-refractivity contribution >= 4 is 17.8 Å². The fourth-order valence-corrected chi connectivity index (χ4v) is 3.83. The molecule has 2 unspecified atom stereocenters. The molecule has 1 N–H and O–H groups in total. The van der Waals surface area contributed by atoms with Gasteiger partial charge in [-0.1, -0.05) is 19.3 Å². The van der Waals surface area contributed by atoms with E-state index in [0.29, 0.717) is 11.3 Å². The Morgan fingerprint density at radius 3 is 2.47 bits per heavy atom. The van der Waals surface area contributed by atoms with Crippen molar-refractivity contribution in [2.45, 2.75) is 56.2 Å². The van der Waals surface area contributed by atoms with Gasteiger partial charge in [0.2, 0.25) is 0 Å². The van der Waals surface area contributed by atoms with Crippen molar-refractivity contribution in [1.82, 2.24) is 10.2 Å². The summed E-state index contributed by atoms with van der Waals surface area (Å²) in [5.74, 6) is 0. The number of hydrogen-bond donors (Lipinski definition) is 1. The average molecular weight is 256 g/mol. The molecule has 0 aromatic heterocycles. The molecule has 1 saturated carbocycles. The number of carbonyl (C=O) groups excluding carboxylic acids is 1. The van der Waals surface area contributed by atoms with E-state index in [4.69, 9.17) is 0 Å². The smallest absolute Gasteiger partial charge is 0.317 e. The van der Waals surface area contributed by atoms with E-state index in [0.717, 1.165) is 19.5 Å². The maximum absolute atomic E-state index is 12.2. The molecule has 1 aliphatic carbocycles. The van der Waals surface area contributed by atoms with Crippen molar-refractivity contribution in [2.24, 2.45) is 0 Å². The number of rotatable bonds is 2. The van der Waals surface area contributed by atoms with Gasteiger partial charge in [-0.3, -0.25) is 0 Å². The summed E-state index contributed by atoms with van der Waals surface area (Å²) >= 11 is 1.90. The van der Waals surface area contributed by atoms with E-state index in [1.165, 1.54) is 38.5 Å². The highest BCUT2D eigenvalue weighted by Gasteiger charge is 2.29. The minimum atomic E-state index is 0.179. The van der Waals surface area contributed by atoms with Crippen LogP contribution in [-0.2, 0) is 0 Å². The predicted octanol–water partition coefficient (Wildman–Crippen LogP) is 2.86. The lowest BCUT2D eigenvalue weighted by Crippen LogP contribution is -2.47. The summed E-state index contributed by atoms with van der Waals surface area (Å²) in [6.45, 7) is 1.89. The van der Waals surface area contributed by atoms with Crippen LogP contribution in [0.15, 0.2) is 0 Å². The molecule has 2 fully saturated rings.